The topological polar surface area (TPSA) is 12.4 Å². The van der Waals surface area contributed by atoms with E-state index in [0.29, 0.717) is 11.3 Å². The van der Waals surface area contributed by atoms with Crippen LogP contribution >= 0.6 is 11.8 Å². The average Bonchev–Trinajstić information content (AvgIpc) is 2.78. The predicted octanol–water partition coefficient (Wildman–Crippen LogP) is 3.13. The highest BCUT2D eigenvalue weighted by Crippen LogP contribution is 2.38. The van der Waals surface area contributed by atoms with Crippen molar-refractivity contribution in [3.8, 4) is 0 Å². The van der Waals surface area contributed by atoms with Gasteiger partial charge in [-0.25, -0.2) is 4.39 Å². The number of rotatable bonds is 1. The second-order valence-electron chi connectivity index (χ2n) is 3.83. The van der Waals surface area contributed by atoms with Gasteiger partial charge in [0.2, 0.25) is 0 Å². The maximum atomic E-state index is 12.8. The zero-order chi connectivity index (χ0) is 10.3. The second kappa shape index (κ2) is 3.49. The molecule has 1 heterocycles. The molecule has 0 radical (unpaired) electrons. The van der Waals surface area contributed by atoms with Crippen LogP contribution in [-0.2, 0) is 0 Å². The van der Waals surface area contributed by atoms with Gasteiger partial charge in [0.25, 0.3) is 0 Å². The van der Waals surface area contributed by atoms with Crippen molar-refractivity contribution in [2.45, 2.75) is 17.7 Å². The largest absolute Gasteiger partial charge is 0.281 e. The van der Waals surface area contributed by atoms with Crippen molar-refractivity contribution in [2.75, 3.05) is 0 Å². The third-order valence-electron chi connectivity index (χ3n) is 2.86. The summed E-state index contributed by atoms with van der Waals surface area (Å²) in [4.78, 5) is 4.40. The molecule has 2 atom stereocenters. The normalized spacial score (nSPS) is 27.9. The van der Waals surface area contributed by atoms with Crippen molar-refractivity contribution in [3.05, 3.63) is 41.7 Å². The molecule has 76 valence electrons. The molecule has 2 aliphatic rings. The summed E-state index contributed by atoms with van der Waals surface area (Å²) in [5.74, 6) is -0.176. The first-order valence-electron chi connectivity index (χ1n) is 4.97. The average molecular weight is 219 g/mol. The number of halogens is 1. The number of nitrogens with zero attached hydrogens (tertiary/aromatic N) is 1. The Balaban J connectivity index is 1.87. The zero-order valence-electron chi connectivity index (χ0n) is 8.06. The number of aliphatic imine (C=N–C) groups is 1. The summed E-state index contributed by atoms with van der Waals surface area (Å²) in [5, 5.41) is 0.505. The van der Waals surface area contributed by atoms with E-state index in [-0.39, 0.29) is 5.82 Å². The van der Waals surface area contributed by atoms with Gasteiger partial charge in [0.05, 0.1) is 16.8 Å². The third-order valence-corrected chi connectivity index (χ3v) is 3.87. The molecule has 0 aromatic heterocycles. The van der Waals surface area contributed by atoms with Gasteiger partial charge < -0.3 is 0 Å². The summed E-state index contributed by atoms with van der Waals surface area (Å²) in [5.41, 5.74) is 4.36. The fourth-order valence-electron chi connectivity index (χ4n) is 2.05. The van der Waals surface area contributed by atoms with E-state index in [0.717, 1.165) is 12.0 Å². The van der Waals surface area contributed by atoms with Crippen molar-refractivity contribution in [1.82, 2.24) is 0 Å². The van der Waals surface area contributed by atoms with E-state index in [2.05, 4.69) is 11.1 Å². The highest BCUT2D eigenvalue weighted by Gasteiger charge is 2.30. The first kappa shape index (κ1) is 9.16. The van der Waals surface area contributed by atoms with Crippen LogP contribution in [0.2, 0.25) is 0 Å². The fraction of sp³-hybridized carbons (Fsp3) is 0.250. The van der Waals surface area contributed by atoms with E-state index in [1.807, 2.05) is 17.7 Å². The highest BCUT2D eigenvalue weighted by atomic mass is 32.2. The maximum absolute atomic E-state index is 12.8. The van der Waals surface area contributed by atoms with Crippen LogP contribution in [0.15, 0.2) is 35.3 Å². The number of fused-ring (bicyclic) bond motifs is 1. The first-order valence-corrected chi connectivity index (χ1v) is 5.91. The molecule has 1 aliphatic carbocycles. The number of benzene rings is 1. The van der Waals surface area contributed by atoms with Crippen molar-refractivity contribution in [1.29, 1.82) is 0 Å². The molecule has 0 fully saturated rings. The van der Waals surface area contributed by atoms with Gasteiger partial charge in [0.1, 0.15) is 5.82 Å². The second-order valence-corrected chi connectivity index (χ2v) is 4.85. The minimum Gasteiger partial charge on any atom is -0.281 e. The molecule has 1 aliphatic heterocycles. The monoisotopic (exact) mass is 219 g/mol. The lowest BCUT2D eigenvalue weighted by Gasteiger charge is -2.04. The van der Waals surface area contributed by atoms with Gasteiger partial charge >= 0.3 is 0 Å². The molecule has 3 heteroatoms. The van der Waals surface area contributed by atoms with E-state index in [9.17, 15) is 4.39 Å². The minimum absolute atomic E-state index is 0.176. The predicted molar refractivity (Wildman–Crippen MR) is 62.7 cm³/mol. The van der Waals surface area contributed by atoms with E-state index >= 15 is 0 Å². The van der Waals surface area contributed by atoms with Crippen molar-refractivity contribution >= 4 is 22.9 Å². The first-order chi connectivity index (χ1) is 7.33. The van der Waals surface area contributed by atoms with Crippen molar-refractivity contribution in [3.63, 3.8) is 0 Å². The van der Waals surface area contributed by atoms with Gasteiger partial charge in [0.15, 0.2) is 0 Å². The number of hydrogen-bond acceptors (Lipinski definition) is 2. The van der Waals surface area contributed by atoms with Crippen LogP contribution in [0, 0.1) is 5.82 Å². The summed E-state index contributed by atoms with van der Waals surface area (Å²) < 4.78 is 12.8. The maximum Gasteiger partial charge on any atom is 0.123 e. The molecule has 0 N–H and O–H groups in total. The Bertz CT molecular complexity index is 435. The van der Waals surface area contributed by atoms with Gasteiger partial charge in [-0.05, 0) is 29.7 Å². The van der Waals surface area contributed by atoms with Crippen LogP contribution in [0.1, 0.15) is 12.0 Å². The summed E-state index contributed by atoms with van der Waals surface area (Å²) in [6.07, 6.45) is 3.25. The molecular weight excluding hydrogens is 209 g/mol. The van der Waals surface area contributed by atoms with Crippen LogP contribution in [0.3, 0.4) is 0 Å². The minimum atomic E-state index is -0.176. The van der Waals surface area contributed by atoms with Crippen LogP contribution in [-0.4, -0.2) is 16.8 Å². The Morgan fingerprint density at radius 2 is 2.07 bits per heavy atom. The Hall–Kier alpha value is -1.09. The van der Waals surface area contributed by atoms with E-state index in [1.54, 1.807) is 11.8 Å². The number of thioether (sulfide) groups is 1. The molecule has 0 spiro atoms. The van der Waals surface area contributed by atoms with E-state index in [4.69, 9.17) is 0 Å². The molecule has 1 nitrogen and oxygen atoms in total. The van der Waals surface area contributed by atoms with Gasteiger partial charge in [-0.15, -0.1) is 11.8 Å². The molecule has 15 heavy (non-hydrogen) atoms. The molecule has 0 amide bonds. The SMILES string of the molecule is Fc1ccc(C2=CC3SC=NC3C2)cc1. The van der Waals surface area contributed by atoms with E-state index < -0.39 is 0 Å². The van der Waals surface area contributed by atoms with Crippen LogP contribution in [0.4, 0.5) is 4.39 Å². The van der Waals surface area contributed by atoms with Gasteiger partial charge in [-0.1, -0.05) is 18.2 Å². The summed E-state index contributed by atoms with van der Waals surface area (Å²) in [7, 11) is 0. The summed E-state index contributed by atoms with van der Waals surface area (Å²) in [6.45, 7) is 0. The van der Waals surface area contributed by atoms with Crippen LogP contribution in [0.5, 0.6) is 0 Å². The fourth-order valence-corrected chi connectivity index (χ4v) is 3.01. The standard InChI is InChI=1S/C12H10FNS/c13-10-3-1-8(2-4-10)9-5-11-12(6-9)15-7-14-11/h1-4,6-7,11-12H,5H2. The van der Waals surface area contributed by atoms with Crippen molar-refractivity contribution in [2.24, 2.45) is 4.99 Å². The molecule has 0 saturated carbocycles. The Morgan fingerprint density at radius 1 is 1.27 bits per heavy atom. The lowest BCUT2D eigenvalue weighted by atomic mass is 10.0. The quantitative estimate of drug-likeness (QED) is 0.707. The Labute approximate surface area is 92.1 Å². The molecule has 3 rings (SSSR count). The lowest BCUT2D eigenvalue weighted by Crippen LogP contribution is -2.07. The Kier molecular flexibility index (Phi) is 2.13. The summed E-state index contributed by atoms with van der Waals surface area (Å²) >= 11 is 1.77. The molecular formula is C12H10FNS. The third kappa shape index (κ3) is 1.61. The van der Waals surface area contributed by atoms with Crippen molar-refractivity contribution < 1.29 is 4.39 Å². The zero-order valence-corrected chi connectivity index (χ0v) is 8.88. The van der Waals surface area contributed by atoms with Crippen LogP contribution in [0.25, 0.3) is 5.57 Å². The van der Waals surface area contributed by atoms with Gasteiger partial charge in [-0.3, -0.25) is 4.99 Å². The smallest absolute Gasteiger partial charge is 0.123 e. The molecule has 1 aromatic carbocycles. The number of hydrogen-bond donors (Lipinski definition) is 0. The highest BCUT2D eigenvalue weighted by molar-refractivity contribution is 8.13. The summed E-state index contributed by atoms with van der Waals surface area (Å²) in [6, 6.07) is 7.13. The van der Waals surface area contributed by atoms with Gasteiger partial charge in [-0.2, -0.15) is 0 Å². The molecule has 1 aromatic rings. The Morgan fingerprint density at radius 3 is 2.80 bits per heavy atom. The molecule has 2 unspecified atom stereocenters. The van der Waals surface area contributed by atoms with E-state index in [1.165, 1.54) is 17.7 Å². The lowest BCUT2D eigenvalue weighted by molar-refractivity contribution is 0.627. The van der Waals surface area contributed by atoms with Crippen LogP contribution < -0.4 is 0 Å². The van der Waals surface area contributed by atoms with Gasteiger partial charge in [0, 0.05) is 0 Å². The molecule has 0 saturated heterocycles. The molecule has 0 bridgehead atoms.